The minimum Gasteiger partial charge on any atom is -0.396 e. The van der Waals surface area contributed by atoms with Crippen molar-refractivity contribution in [3.05, 3.63) is 0 Å². The number of aliphatic hydroxyl groups is 1. The molecule has 0 spiro atoms. The van der Waals surface area contributed by atoms with Crippen molar-refractivity contribution in [2.45, 2.75) is 53.0 Å². The molecular weight excluding hydrogens is 186 g/mol. The average molecular weight is 213 g/mol. The van der Waals surface area contributed by atoms with Crippen molar-refractivity contribution in [1.82, 2.24) is 4.90 Å². The summed E-state index contributed by atoms with van der Waals surface area (Å²) in [5, 5.41) is 9.16. The Labute approximate surface area is 94.7 Å². The van der Waals surface area contributed by atoms with Gasteiger partial charge < -0.3 is 5.11 Å². The summed E-state index contributed by atoms with van der Waals surface area (Å²) >= 11 is 0. The predicted molar refractivity (Wildman–Crippen MR) is 64.9 cm³/mol. The van der Waals surface area contributed by atoms with Crippen LogP contribution in [0, 0.1) is 11.3 Å². The van der Waals surface area contributed by atoms with Gasteiger partial charge in [-0.15, -0.1) is 0 Å². The first kappa shape index (κ1) is 13.0. The molecule has 15 heavy (non-hydrogen) atoms. The molecule has 1 aliphatic rings. The van der Waals surface area contributed by atoms with Crippen molar-refractivity contribution in [3.63, 3.8) is 0 Å². The van der Waals surface area contributed by atoms with E-state index in [2.05, 4.69) is 32.6 Å². The van der Waals surface area contributed by atoms with Crippen LogP contribution in [0.2, 0.25) is 0 Å². The molecule has 2 nitrogen and oxygen atoms in total. The Morgan fingerprint density at radius 2 is 1.80 bits per heavy atom. The summed E-state index contributed by atoms with van der Waals surface area (Å²) in [6.07, 6.45) is 3.55. The van der Waals surface area contributed by atoms with Crippen LogP contribution in [0.4, 0.5) is 0 Å². The predicted octanol–water partition coefficient (Wildman–Crippen LogP) is 2.52. The highest BCUT2D eigenvalue weighted by Crippen LogP contribution is 2.30. The molecule has 0 bridgehead atoms. The molecule has 1 N–H and O–H groups in total. The minimum absolute atomic E-state index is 0.281. The molecule has 90 valence electrons. The smallest absolute Gasteiger partial charge is 0.0446 e. The van der Waals surface area contributed by atoms with Gasteiger partial charge in [0, 0.05) is 12.6 Å². The van der Waals surface area contributed by atoms with Gasteiger partial charge in [0.2, 0.25) is 0 Å². The molecule has 1 atom stereocenters. The molecule has 0 aliphatic carbocycles. The molecule has 1 saturated heterocycles. The maximum atomic E-state index is 9.16. The first-order valence-electron chi connectivity index (χ1n) is 6.30. The molecule has 1 aliphatic heterocycles. The van der Waals surface area contributed by atoms with E-state index in [1.54, 1.807) is 0 Å². The normalized spacial score (nSPS) is 23.0. The topological polar surface area (TPSA) is 23.5 Å². The molecule has 1 rings (SSSR count). The molecule has 0 aromatic rings. The Hall–Kier alpha value is -0.0800. The maximum Gasteiger partial charge on any atom is 0.0446 e. The van der Waals surface area contributed by atoms with Crippen LogP contribution in [0.25, 0.3) is 0 Å². The monoisotopic (exact) mass is 213 g/mol. The summed E-state index contributed by atoms with van der Waals surface area (Å²) in [6, 6.07) is 0.537. The fraction of sp³-hybridized carbons (Fsp3) is 1.00. The highest BCUT2D eigenvalue weighted by molar-refractivity contribution is 4.85. The first-order valence-corrected chi connectivity index (χ1v) is 6.30. The number of hydrogen-bond donors (Lipinski definition) is 1. The van der Waals surface area contributed by atoms with Gasteiger partial charge in [0.25, 0.3) is 0 Å². The lowest BCUT2D eigenvalue weighted by Crippen LogP contribution is -2.48. The van der Waals surface area contributed by atoms with Crippen molar-refractivity contribution >= 4 is 0 Å². The molecule has 0 aromatic heterocycles. The number of hydrogen-bond acceptors (Lipinski definition) is 2. The van der Waals surface area contributed by atoms with Gasteiger partial charge in [-0.1, -0.05) is 27.7 Å². The second-order valence-electron chi connectivity index (χ2n) is 6.11. The maximum absolute atomic E-state index is 9.16. The van der Waals surface area contributed by atoms with E-state index in [1.807, 2.05) is 0 Å². The van der Waals surface area contributed by atoms with Gasteiger partial charge in [-0.05, 0) is 43.7 Å². The van der Waals surface area contributed by atoms with Crippen LogP contribution in [-0.2, 0) is 0 Å². The second-order valence-corrected chi connectivity index (χ2v) is 6.11. The molecule has 2 heteroatoms. The Bertz CT molecular complexity index is 177. The van der Waals surface area contributed by atoms with E-state index in [1.165, 1.54) is 25.9 Å². The van der Waals surface area contributed by atoms with Crippen LogP contribution in [0.15, 0.2) is 0 Å². The average Bonchev–Trinajstić information content (AvgIpc) is 2.14. The van der Waals surface area contributed by atoms with E-state index in [-0.39, 0.29) is 5.41 Å². The van der Waals surface area contributed by atoms with Crippen molar-refractivity contribution in [3.8, 4) is 0 Å². The van der Waals surface area contributed by atoms with E-state index >= 15 is 0 Å². The zero-order valence-electron chi connectivity index (χ0n) is 10.8. The standard InChI is InChI=1S/C13H27NO/c1-11-5-8-14(9-6-11)12(7-10-15)13(2,3)4/h11-12,15H,5-10H2,1-4H3. The fourth-order valence-electron chi connectivity index (χ4n) is 2.63. The largest absolute Gasteiger partial charge is 0.396 e. The highest BCUT2D eigenvalue weighted by atomic mass is 16.3. The summed E-state index contributed by atoms with van der Waals surface area (Å²) in [4.78, 5) is 2.58. The number of aliphatic hydroxyl groups excluding tert-OH is 1. The van der Waals surface area contributed by atoms with Gasteiger partial charge in [0.05, 0.1) is 0 Å². The zero-order valence-corrected chi connectivity index (χ0v) is 10.8. The quantitative estimate of drug-likeness (QED) is 0.778. The van der Waals surface area contributed by atoms with E-state index < -0.39 is 0 Å². The summed E-state index contributed by atoms with van der Waals surface area (Å²) in [5.41, 5.74) is 0.281. The van der Waals surface area contributed by atoms with Crippen molar-refractivity contribution < 1.29 is 5.11 Å². The lowest BCUT2D eigenvalue weighted by Gasteiger charge is -2.43. The summed E-state index contributed by atoms with van der Waals surface area (Å²) < 4.78 is 0. The van der Waals surface area contributed by atoms with Gasteiger partial charge in [0.1, 0.15) is 0 Å². The molecule has 0 amide bonds. The van der Waals surface area contributed by atoms with Crippen molar-refractivity contribution in [1.29, 1.82) is 0 Å². The van der Waals surface area contributed by atoms with Gasteiger partial charge >= 0.3 is 0 Å². The van der Waals surface area contributed by atoms with Gasteiger partial charge in [-0.25, -0.2) is 0 Å². The van der Waals surface area contributed by atoms with Crippen molar-refractivity contribution in [2.75, 3.05) is 19.7 Å². The number of rotatable bonds is 3. The van der Waals surface area contributed by atoms with E-state index in [9.17, 15) is 0 Å². The minimum atomic E-state index is 0.281. The number of nitrogens with zero attached hydrogens (tertiary/aromatic N) is 1. The Morgan fingerprint density at radius 3 is 2.20 bits per heavy atom. The second kappa shape index (κ2) is 5.31. The SMILES string of the molecule is CC1CCN(C(CCO)C(C)(C)C)CC1. The molecular formula is C13H27NO. The Morgan fingerprint density at radius 1 is 1.27 bits per heavy atom. The van der Waals surface area contributed by atoms with Crippen molar-refractivity contribution in [2.24, 2.45) is 11.3 Å². The first-order chi connectivity index (χ1) is 6.95. The Kier molecular flexibility index (Phi) is 4.60. The number of likely N-dealkylation sites (tertiary alicyclic amines) is 1. The van der Waals surface area contributed by atoms with E-state index in [0.717, 1.165) is 12.3 Å². The number of piperidine rings is 1. The third kappa shape index (κ3) is 3.76. The molecule has 0 saturated carbocycles. The van der Waals surface area contributed by atoms with Crippen LogP contribution in [0.3, 0.4) is 0 Å². The van der Waals surface area contributed by atoms with Gasteiger partial charge in [-0.2, -0.15) is 0 Å². The van der Waals surface area contributed by atoms with Crippen LogP contribution in [0.1, 0.15) is 47.0 Å². The van der Waals surface area contributed by atoms with Crippen LogP contribution >= 0.6 is 0 Å². The van der Waals surface area contributed by atoms with Crippen LogP contribution in [0.5, 0.6) is 0 Å². The summed E-state index contributed by atoms with van der Waals surface area (Å²) in [6.45, 7) is 11.9. The van der Waals surface area contributed by atoms with Gasteiger partial charge in [0.15, 0.2) is 0 Å². The Balaban J connectivity index is 2.56. The molecule has 0 aromatic carbocycles. The van der Waals surface area contributed by atoms with Crippen LogP contribution in [-0.4, -0.2) is 35.7 Å². The highest BCUT2D eigenvalue weighted by Gasteiger charge is 2.31. The molecule has 1 fully saturated rings. The molecule has 1 heterocycles. The lowest BCUT2D eigenvalue weighted by molar-refractivity contribution is 0.0487. The fourth-order valence-corrected chi connectivity index (χ4v) is 2.63. The third-order valence-corrected chi connectivity index (χ3v) is 3.66. The van der Waals surface area contributed by atoms with E-state index in [0.29, 0.717) is 12.6 Å². The van der Waals surface area contributed by atoms with Gasteiger partial charge in [-0.3, -0.25) is 4.90 Å². The summed E-state index contributed by atoms with van der Waals surface area (Å²) in [5.74, 6) is 0.885. The summed E-state index contributed by atoms with van der Waals surface area (Å²) in [7, 11) is 0. The third-order valence-electron chi connectivity index (χ3n) is 3.66. The molecule has 0 radical (unpaired) electrons. The van der Waals surface area contributed by atoms with E-state index in [4.69, 9.17) is 5.11 Å². The zero-order chi connectivity index (χ0) is 11.5. The molecule has 1 unspecified atom stereocenters. The lowest BCUT2D eigenvalue weighted by atomic mass is 9.82. The van der Waals surface area contributed by atoms with Crippen LogP contribution < -0.4 is 0 Å².